The van der Waals surface area contributed by atoms with Crippen LogP contribution in [0.2, 0.25) is 18.1 Å². The molecule has 0 aliphatic heterocycles. The van der Waals surface area contributed by atoms with Crippen LogP contribution < -0.4 is 5.73 Å². The van der Waals surface area contributed by atoms with E-state index >= 15 is 0 Å². The molecule has 2 N–H and O–H groups in total. The van der Waals surface area contributed by atoms with Crippen LogP contribution in [0.3, 0.4) is 0 Å². The van der Waals surface area contributed by atoms with Crippen LogP contribution in [0.1, 0.15) is 47.0 Å². The zero-order valence-electron chi connectivity index (χ0n) is 11.8. The van der Waals surface area contributed by atoms with Crippen LogP contribution >= 0.6 is 0 Å². The van der Waals surface area contributed by atoms with E-state index in [0.29, 0.717) is 23.1 Å². The zero-order chi connectivity index (χ0) is 12.6. The third-order valence-corrected chi connectivity index (χ3v) is 9.01. The smallest absolute Gasteiger partial charge is 0.192 e. The molecular weight excluding hydrogens is 214 g/mol. The van der Waals surface area contributed by atoms with Crippen molar-refractivity contribution >= 4 is 8.32 Å². The van der Waals surface area contributed by atoms with E-state index in [4.69, 9.17) is 10.2 Å². The van der Waals surface area contributed by atoms with E-state index < -0.39 is 8.32 Å². The number of rotatable bonds is 2. The monoisotopic (exact) mass is 243 g/mol. The highest BCUT2D eigenvalue weighted by molar-refractivity contribution is 6.74. The van der Waals surface area contributed by atoms with E-state index in [1.165, 1.54) is 12.8 Å². The molecule has 2 nitrogen and oxygen atoms in total. The summed E-state index contributed by atoms with van der Waals surface area (Å²) in [6, 6.07) is 0.337. The van der Waals surface area contributed by atoms with Crippen LogP contribution in [0, 0.1) is 5.92 Å². The lowest BCUT2D eigenvalue weighted by Gasteiger charge is -2.42. The van der Waals surface area contributed by atoms with Gasteiger partial charge in [-0.25, -0.2) is 0 Å². The molecule has 0 bridgehead atoms. The van der Waals surface area contributed by atoms with Crippen LogP contribution in [-0.2, 0) is 4.43 Å². The van der Waals surface area contributed by atoms with E-state index in [9.17, 15) is 0 Å². The molecule has 0 aromatic heterocycles. The van der Waals surface area contributed by atoms with Crippen LogP contribution in [0.25, 0.3) is 0 Å². The Hall–Kier alpha value is 0.137. The predicted octanol–water partition coefficient (Wildman–Crippen LogP) is 3.52. The minimum absolute atomic E-state index is 0.306. The van der Waals surface area contributed by atoms with E-state index in [2.05, 4.69) is 40.8 Å². The van der Waals surface area contributed by atoms with Crippen molar-refractivity contribution in [3.05, 3.63) is 0 Å². The van der Waals surface area contributed by atoms with E-state index in [0.717, 1.165) is 6.42 Å². The first-order valence-corrected chi connectivity index (χ1v) is 9.48. The Labute approximate surface area is 102 Å². The second-order valence-corrected chi connectivity index (χ2v) is 11.7. The maximum atomic E-state index is 6.42. The van der Waals surface area contributed by atoms with Gasteiger partial charge in [-0.05, 0) is 43.3 Å². The van der Waals surface area contributed by atoms with Gasteiger partial charge in [-0.2, -0.15) is 0 Å². The summed E-state index contributed by atoms with van der Waals surface area (Å²) in [4.78, 5) is 0. The molecule has 3 atom stereocenters. The van der Waals surface area contributed by atoms with Gasteiger partial charge >= 0.3 is 0 Å². The summed E-state index contributed by atoms with van der Waals surface area (Å²) in [5.41, 5.74) is 6.13. The molecular formula is C13H29NOSi. The molecule has 96 valence electrons. The van der Waals surface area contributed by atoms with Crippen molar-refractivity contribution in [3.63, 3.8) is 0 Å². The molecule has 1 aliphatic rings. The second kappa shape index (κ2) is 4.79. The predicted molar refractivity (Wildman–Crippen MR) is 73.1 cm³/mol. The maximum absolute atomic E-state index is 6.42. The fourth-order valence-electron chi connectivity index (χ4n) is 2.02. The van der Waals surface area contributed by atoms with Gasteiger partial charge in [0.2, 0.25) is 0 Å². The van der Waals surface area contributed by atoms with E-state index in [-0.39, 0.29) is 0 Å². The Morgan fingerprint density at radius 1 is 1.19 bits per heavy atom. The first-order chi connectivity index (χ1) is 7.13. The SMILES string of the molecule is C[C@H]1CC[C@@H](O[Si](C)(C)C(C)(C)C)C[C@@H]1N. The average molecular weight is 243 g/mol. The van der Waals surface area contributed by atoms with Crippen molar-refractivity contribution in [1.82, 2.24) is 0 Å². The molecule has 0 heterocycles. The topological polar surface area (TPSA) is 35.2 Å². The van der Waals surface area contributed by atoms with Crippen molar-refractivity contribution < 1.29 is 4.43 Å². The number of nitrogens with two attached hydrogens (primary N) is 1. The normalized spacial score (nSPS) is 32.8. The maximum Gasteiger partial charge on any atom is 0.192 e. The van der Waals surface area contributed by atoms with Crippen molar-refractivity contribution in [2.75, 3.05) is 0 Å². The Bertz CT molecular complexity index is 235. The second-order valence-electron chi connectivity index (χ2n) is 6.95. The summed E-state index contributed by atoms with van der Waals surface area (Å²) in [7, 11) is -1.60. The minimum Gasteiger partial charge on any atom is -0.414 e. The molecule has 0 spiro atoms. The molecule has 16 heavy (non-hydrogen) atoms. The molecule has 0 aromatic carbocycles. The third-order valence-electron chi connectivity index (χ3n) is 4.48. The molecule has 1 aliphatic carbocycles. The Morgan fingerprint density at radius 2 is 1.75 bits per heavy atom. The summed E-state index contributed by atoms with van der Waals surface area (Å²) in [6.45, 7) is 13.8. The molecule has 0 aromatic rings. The molecule has 0 radical (unpaired) electrons. The lowest BCUT2D eigenvalue weighted by Crippen LogP contribution is -2.47. The Morgan fingerprint density at radius 3 is 2.19 bits per heavy atom. The molecule has 1 fully saturated rings. The van der Waals surface area contributed by atoms with Crippen molar-refractivity contribution in [2.45, 2.75) is 77.2 Å². The van der Waals surface area contributed by atoms with Gasteiger partial charge in [-0.1, -0.05) is 27.7 Å². The summed E-state index contributed by atoms with van der Waals surface area (Å²) in [5, 5.41) is 0.306. The fraction of sp³-hybridized carbons (Fsp3) is 1.00. The molecule has 0 saturated heterocycles. The third kappa shape index (κ3) is 3.31. The molecule has 3 heteroatoms. The standard InChI is InChI=1S/C13H29NOSi/c1-10-7-8-11(9-12(10)14)15-16(5,6)13(2,3)4/h10-12H,7-9,14H2,1-6H3/t10-,11+,12-/m0/s1. The quantitative estimate of drug-likeness (QED) is 0.753. The lowest BCUT2D eigenvalue weighted by molar-refractivity contribution is 0.108. The van der Waals surface area contributed by atoms with Crippen LogP contribution in [-0.4, -0.2) is 20.5 Å². The highest BCUT2D eigenvalue weighted by Gasteiger charge is 2.40. The van der Waals surface area contributed by atoms with Gasteiger partial charge in [-0.3, -0.25) is 0 Å². The Kier molecular flexibility index (Phi) is 4.25. The van der Waals surface area contributed by atoms with Crippen LogP contribution in [0.15, 0.2) is 0 Å². The Balaban J connectivity index is 2.55. The van der Waals surface area contributed by atoms with E-state index in [1.807, 2.05) is 0 Å². The lowest BCUT2D eigenvalue weighted by atomic mass is 9.85. The van der Waals surface area contributed by atoms with Gasteiger partial charge in [0.25, 0.3) is 0 Å². The largest absolute Gasteiger partial charge is 0.414 e. The van der Waals surface area contributed by atoms with Crippen molar-refractivity contribution in [2.24, 2.45) is 11.7 Å². The van der Waals surface area contributed by atoms with E-state index in [1.54, 1.807) is 0 Å². The number of hydrogen-bond donors (Lipinski definition) is 1. The van der Waals surface area contributed by atoms with Gasteiger partial charge in [0.05, 0.1) is 0 Å². The number of hydrogen-bond acceptors (Lipinski definition) is 2. The highest BCUT2D eigenvalue weighted by atomic mass is 28.4. The highest BCUT2D eigenvalue weighted by Crippen LogP contribution is 2.39. The summed E-state index contributed by atoms with van der Waals surface area (Å²) < 4.78 is 6.42. The first-order valence-electron chi connectivity index (χ1n) is 6.57. The summed E-state index contributed by atoms with van der Waals surface area (Å²) >= 11 is 0. The van der Waals surface area contributed by atoms with Crippen molar-refractivity contribution in [1.29, 1.82) is 0 Å². The van der Waals surface area contributed by atoms with Gasteiger partial charge in [0.15, 0.2) is 8.32 Å². The first kappa shape index (κ1) is 14.2. The van der Waals surface area contributed by atoms with Crippen molar-refractivity contribution in [3.8, 4) is 0 Å². The minimum atomic E-state index is -1.60. The molecule has 1 rings (SSSR count). The molecule has 1 saturated carbocycles. The summed E-state index contributed by atoms with van der Waals surface area (Å²) in [5.74, 6) is 0.666. The average Bonchev–Trinajstić information content (AvgIpc) is 2.09. The molecule has 0 unspecified atom stereocenters. The van der Waals surface area contributed by atoms with Crippen LogP contribution in [0.4, 0.5) is 0 Å². The zero-order valence-corrected chi connectivity index (χ0v) is 12.8. The fourth-order valence-corrected chi connectivity index (χ4v) is 3.42. The molecule has 0 amide bonds. The van der Waals surface area contributed by atoms with Gasteiger partial charge in [0, 0.05) is 12.1 Å². The van der Waals surface area contributed by atoms with Gasteiger partial charge in [-0.15, -0.1) is 0 Å². The van der Waals surface area contributed by atoms with Crippen LogP contribution in [0.5, 0.6) is 0 Å². The van der Waals surface area contributed by atoms with Gasteiger partial charge in [0.1, 0.15) is 0 Å². The summed E-state index contributed by atoms with van der Waals surface area (Å²) in [6.07, 6.45) is 3.88. The van der Waals surface area contributed by atoms with Gasteiger partial charge < -0.3 is 10.2 Å².